The number of aryl methyl sites for hydroxylation is 1. The molecule has 6 nitrogen and oxygen atoms in total. The number of hydrogen-bond acceptors (Lipinski definition) is 4. The molecule has 0 radical (unpaired) electrons. The van der Waals surface area contributed by atoms with Crippen LogP contribution < -0.4 is 14.4 Å². The number of hydrogen-bond donors (Lipinski definition) is 1. The van der Waals surface area contributed by atoms with Gasteiger partial charge in [0.2, 0.25) is 15.9 Å². The van der Waals surface area contributed by atoms with Gasteiger partial charge in [0, 0.05) is 5.39 Å². The van der Waals surface area contributed by atoms with Crippen molar-refractivity contribution in [3.05, 3.63) is 72.3 Å². The third-order valence-electron chi connectivity index (χ3n) is 4.75. The number of carbonyl (C=O) groups excluding carboxylic acids is 1. The van der Waals surface area contributed by atoms with Crippen LogP contribution in [0, 0.1) is 6.92 Å². The third-order valence-corrected chi connectivity index (χ3v) is 5.99. The molecule has 0 fully saturated rings. The predicted octanol–water partition coefficient (Wildman–Crippen LogP) is 3.50. The molecule has 0 aromatic heterocycles. The van der Waals surface area contributed by atoms with Gasteiger partial charge in [-0.15, -0.1) is 0 Å². The lowest BCUT2D eigenvalue weighted by atomic mass is 10.1. The molecule has 3 rings (SSSR count). The molecule has 0 spiro atoms. The summed E-state index contributed by atoms with van der Waals surface area (Å²) in [6.07, 6.45) is 1.10. The highest BCUT2D eigenvalue weighted by atomic mass is 32.2. The standard InChI is InChI=1S/C23H26N2O4S/c1-17-8-6-11-20(16-17)25(30(3,27)28)18(2)23(26)24-14-15-29-22-13-7-10-19-9-4-5-12-21(19)22/h4-13,16,18H,14-15H2,1-3H3,(H,24,26)/t18-/m1/s1. The lowest BCUT2D eigenvalue weighted by molar-refractivity contribution is -0.121. The lowest BCUT2D eigenvalue weighted by Gasteiger charge is -2.28. The summed E-state index contributed by atoms with van der Waals surface area (Å²) in [4.78, 5) is 12.6. The van der Waals surface area contributed by atoms with E-state index in [-0.39, 0.29) is 19.1 Å². The largest absolute Gasteiger partial charge is 0.491 e. The number of ether oxygens (including phenoxy) is 1. The maximum atomic E-state index is 12.6. The van der Waals surface area contributed by atoms with Crippen molar-refractivity contribution in [2.24, 2.45) is 0 Å². The van der Waals surface area contributed by atoms with Gasteiger partial charge in [-0.2, -0.15) is 0 Å². The van der Waals surface area contributed by atoms with Crippen LogP contribution in [0.2, 0.25) is 0 Å². The Bertz CT molecular complexity index is 1140. The molecule has 0 saturated heterocycles. The molecule has 0 aliphatic heterocycles. The summed E-state index contributed by atoms with van der Waals surface area (Å²) in [5, 5.41) is 4.85. The summed E-state index contributed by atoms with van der Waals surface area (Å²) < 4.78 is 31.7. The van der Waals surface area contributed by atoms with Crippen LogP contribution in [0.5, 0.6) is 5.75 Å². The Morgan fingerprint density at radius 3 is 2.50 bits per heavy atom. The van der Waals surface area contributed by atoms with Gasteiger partial charge < -0.3 is 10.1 Å². The highest BCUT2D eigenvalue weighted by molar-refractivity contribution is 7.92. The minimum atomic E-state index is -3.64. The Kier molecular flexibility index (Phi) is 6.62. The molecule has 30 heavy (non-hydrogen) atoms. The van der Waals surface area contributed by atoms with Gasteiger partial charge in [0.25, 0.3) is 0 Å². The number of anilines is 1. The maximum absolute atomic E-state index is 12.6. The van der Waals surface area contributed by atoms with E-state index in [9.17, 15) is 13.2 Å². The monoisotopic (exact) mass is 426 g/mol. The number of sulfonamides is 1. The van der Waals surface area contributed by atoms with Crippen LogP contribution in [-0.4, -0.2) is 39.8 Å². The molecule has 158 valence electrons. The minimum absolute atomic E-state index is 0.262. The number of nitrogens with one attached hydrogen (secondary N) is 1. The quantitative estimate of drug-likeness (QED) is 0.560. The van der Waals surface area contributed by atoms with E-state index in [2.05, 4.69) is 5.32 Å². The summed E-state index contributed by atoms with van der Waals surface area (Å²) in [7, 11) is -3.64. The van der Waals surface area contributed by atoms with Crippen molar-refractivity contribution in [2.75, 3.05) is 23.7 Å². The van der Waals surface area contributed by atoms with E-state index in [4.69, 9.17) is 4.74 Å². The van der Waals surface area contributed by atoms with Gasteiger partial charge in [0.15, 0.2) is 0 Å². The van der Waals surface area contributed by atoms with Crippen LogP contribution in [0.25, 0.3) is 10.8 Å². The van der Waals surface area contributed by atoms with E-state index in [0.717, 1.165) is 32.6 Å². The first kappa shape index (κ1) is 21.6. The average Bonchev–Trinajstić information content (AvgIpc) is 2.70. The van der Waals surface area contributed by atoms with Crippen molar-refractivity contribution in [3.63, 3.8) is 0 Å². The van der Waals surface area contributed by atoms with Crippen molar-refractivity contribution in [1.29, 1.82) is 0 Å². The fraction of sp³-hybridized carbons (Fsp3) is 0.261. The summed E-state index contributed by atoms with van der Waals surface area (Å²) in [6.45, 7) is 3.98. The second-order valence-corrected chi connectivity index (χ2v) is 9.05. The summed E-state index contributed by atoms with van der Waals surface area (Å²) >= 11 is 0. The second-order valence-electron chi connectivity index (χ2n) is 7.19. The molecule has 7 heteroatoms. The molecule has 0 aliphatic rings. The van der Waals surface area contributed by atoms with E-state index < -0.39 is 16.1 Å². The van der Waals surface area contributed by atoms with E-state index in [0.29, 0.717) is 5.69 Å². The molecule has 0 heterocycles. The Morgan fingerprint density at radius 2 is 1.77 bits per heavy atom. The molecular weight excluding hydrogens is 400 g/mol. The van der Waals surface area contributed by atoms with Gasteiger partial charge >= 0.3 is 0 Å². The summed E-state index contributed by atoms with van der Waals surface area (Å²) in [5.74, 6) is 0.358. The van der Waals surface area contributed by atoms with E-state index in [1.807, 2.05) is 55.5 Å². The van der Waals surface area contributed by atoms with Crippen LogP contribution in [0.1, 0.15) is 12.5 Å². The number of benzene rings is 3. The van der Waals surface area contributed by atoms with Crippen LogP contribution in [0.4, 0.5) is 5.69 Å². The van der Waals surface area contributed by atoms with E-state index >= 15 is 0 Å². The molecule has 3 aromatic rings. The number of fused-ring (bicyclic) bond motifs is 1. The van der Waals surface area contributed by atoms with Crippen molar-refractivity contribution in [2.45, 2.75) is 19.9 Å². The van der Waals surface area contributed by atoms with Gasteiger partial charge in [-0.3, -0.25) is 9.10 Å². The Labute approximate surface area is 177 Å². The van der Waals surface area contributed by atoms with E-state index in [1.54, 1.807) is 25.1 Å². The summed E-state index contributed by atoms with van der Waals surface area (Å²) in [6, 6.07) is 19.9. The zero-order valence-electron chi connectivity index (χ0n) is 17.3. The SMILES string of the molecule is Cc1cccc(N([C@H](C)C(=O)NCCOc2cccc3ccccc23)S(C)(=O)=O)c1. The molecule has 1 N–H and O–H groups in total. The van der Waals surface area contributed by atoms with Crippen LogP contribution >= 0.6 is 0 Å². The first-order valence-corrected chi connectivity index (χ1v) is 11.6. The van der Waals surface area contributed by atoms with Crippen LogP contribution in [0.15, 0.2) is 66.7 Å². The van der Waals surface area contributed by atoms with Gasteiger partial charge in [-0.05, 0) is 43.0 Å². The fourth-order valence-electron chi connectivity index (χ4n) is 3.38. The Balaban J connectivity index is 1.63. The van der Waals surface area contributed by atoms with Gasteiger partial charge in [-0.25, -0.2) is 8.42 Å². The van der Waals surface area contributed by atoms with E-state index in [1.165, 1.54) is 0 Å². The first-order valence-electron chi connectivity index (χ1n) is 9.72. The molecule has 0 bridgehead atoms. The second kappa shape index (κ2) is 9.17. The molecule has 0 unspecified atom stereocenters. The fourth-order valence-corrected chi connectivity index (χ4v) is 4.55. The zero-order chi connectivity index (χ0) is 21.7. The van der Waals surface area contributed by atoms with Crippen LogP contribution in [-0.2, 0) is 14.8 Å². The van der Waals surface area contributed by atoms with Crippen molar-refractivity contribution in [1.82, 2.24) is 5.32 Å². The number of amides is 1. The van der Waals surface area contributed by atoms with Crippen molar-refractivity contribution in [3.8, 4) is 5.75 Å². The molecule has 1 amide bonds. The highest BCUT2D eigenvalue weighted by Gasteiger charge is 2.28. The topological polar surface area (TPSA) is 75.7 Å². The average molecular weight is 427 g/mol. The van der Waals surface area contributed by atoms with Crippen molar-refractivity contribution < 1.29 is 17.9 Å². The van der Waals surface area contributed by atoms with Crippen LogP contribution in [0.3, 0.4) is 0 Å². The molecule has 3 aromatic carbocycles. The number of carbonyl (C=O) groups is 1. The third kappa shape index (κ3) is 5.10. The Hall–Kier alpha value is -3.06. The minimum Gasteiger partial charge on any atom is -0.491 e. The normalized spacial score (nSPS) is 12.4. The zero-order valence-corrected chi connectivity index (χ0v) is 18.1. The molecule has 1 atom stereocenters. The number of nitrogens with zero attached hydrogens (tertiary/aromatic N) is 1. The highest BCUT2D eigenvalue weighted by Crippen LogP contribution is 2.25. The Morgan fingerprint density at radius 1 is 1.07 bits per heavy atom. The smallest absolute Gasteiger partial charge is 0.243 e. The van der Waals surface area contributed by atoms with Gasteiger partial charge in [0.05, 0.1) is 18.5 Å². The predicted molar refractivity (Wildman–Crippen MR) is 120 cm³/mol. The lowest BCUT2D eigenvalue weighted by Crippen LogP contribution is -2.48. The van der Waals surface area contributed by atoms with Gasteiger partial charge in [0.1, 0.15) is 18.4 Å². The molecule has 0 saturated carbocycles. The molecule has 0 aliphatic carbocycles. The maximum Gasteiger partial charge on any atom is 0.243 e. The first-order chi connectivity index (χ1) is 14.3. The number of rotatable bonds is 8. The summed E-state index contributed by atoms with van der Waals surface area (Å²) in [5.41, 5.74) is 1.38. The van der Waals surface area contributed by atoms with Gasteiger partial charge in [-0.1, -0.05) is 48.5 Å². The molecular formula is C23H26N2O4S. The van der Waals surface area contributed by atoms with Crippen molar-refractivity contribution >= 4 is 32.4 Å².